The second-order valence-corrected chi connectivity index (χ2v) is 8.13. The molecule has 1 amide bonds. The van der Waals surface area contributed by atoms with Crippen molar-refractivity contribution in [3.05, 3.63) is 35.4 Å². The molecule has 0 spiro atoms. The maximum absolute atomic E-state index is 12.5. The van der Waals surface area contributed by atoms with E-state index in [1.165, 1.54) is 17.5 Å². The molecular formula is C22H33N5O2. The van der Waals surface area contributed by atoms with Gasteiger partial charge in [-0.25, -0.2) is 0 Å². The van der Waals surface area contributed by atoms with E-state index in [0.717, 1.165) is 71.4 Å². The number of guanidine groups is 1. The van der Waals surface area contributed by atoms with E-state index in [4.69, 9.17) is 4.74 Å². The molecule has 2 fully saturated rings. The van der Waals surface area contributed by atoms with Crippen molar-refractivity contribution < 1.29 is 9.53 Å². The number of aliphatic imine (C=N–C) groups is 1. The number of likely N-dealkylation sites (tertiary alicyclic amines) is 1. The lowest BCUT2D eigenvalue weighted by Gasteiger charge is -2.32. The summed E-state index contributed by atoms with van der Waals surface area (Å²) in [6.07, 6.45) is 2.58. The zero-order chi connectivity index (χ0) is 20.1. The number of amides is 1. The predicted molar refractivity (Wildman–Crippen MR) is 114 cm³/mol. The minimum absolute atomic E-state index is 0.242. The second kappa shape index (κ2) is 9.59. The fraction of sp³-hybridized carbons (Fsp3) is 0.636. The largest absolute Gasteiger partial charge is 0.379 e. The first-order valence-corrected chi connectivity index (χ1v) is 10.9. The Morgan fingerprint density at radius 1 is 1.14 bits per heavy atom. The van der Waals surface area contributed by atoms with Gasteiger partial charge in [-0.15, -0.1) is 0 Å². The van der Waals surface area contributed by atoms with E-state index in [2.05, 4.69) is 32.2 Å². The van der Waals surface area contributed by atoms with Gasteiger partial charge in [0.2, 0.25) is 5.91 Å². The Morgan fingerprint density at radius 2 is 1.86 bits per heavy atom. The highest BCUT2D eigenvalue weighted by molar-refractivity contribution is 5.80. The molecule has 0 aromatic heterocycles. The van der Waals surface area contributed by atoms with Crippen LogP contribution in [-0.4, -0.2) is 85.6 Å². The van der Waals surface area contributed by atoms with E-state index in [0.29, 0.717) is 12.5 Å². The summed E-state index contributed by atoms with van der Waals surface area (Å²) in [4.78, 5) is 23.9. The number of carbonyl (C=O) groups is 1. The predicted octanol–water partition coefficient (Wildman–Crippen LogP) is 1.29. The number of morpholine rings is 1. The zero-order valence-corrected chi connectivity index (χ0v) is 17.5. The van der Waals surface area contributed by atoms with Crippen LogP contribution in [0.5, 0.6) is 0 Å². The highest BCUT2D eigenvalue weighted by Crippen LogP contribution is 2.23. The van der Waals surface area contributed by atoms with Crippen LogP contribution in [0.15, 0.2) is 29.3 Å². The van der Waals surface area contributed by atoms with Crippen LogP contribution in [0.2, 0.25) is 0 Å². The quantitative estimate of drug-likeness (QED) is 0.459. The van der Waals surface area contributed by atoms with E-state index in [1.807, 2.05) is 24.1 Å². The molecule has 0 radical (unpaired) electrons. The Hall–Kier alpha value is -2.12. The van der Waals surface area contributed by atoms with Gasteiger partial charge in [0.05, 0.1) is 13.2 Å². The van der Waals surface area contributed by atoms with Gasteiger partial charge < -0.3 is 19.9 Å². The van der Waals surface area contributed by atoms with Crippen molar-refractivity contribution >= 4 is 11.9 Å². The molecule has 2 saturated heterocycles. The summed E-state index contributed by atoms with van der Waals surface area (Å²) in [6, 6.07) is 8.92. The van der Waals surface area contributed by atoms with Gasteiger partial charge in [-0.2, -0.15) is 0 Å². The van der Waals surface area contributed by atoms with Crippen LogP contribution < -0.4 is 5.32 Å². The lowest BCUT2D eigenvalue weighted by Crippen LogP contribution is -2.46. The van der Waals surface area contributed by atoms with E-state index in [1.54, 1.807) is 0 Å². The topological polar surface area (TPSA) is 60.4 Å². The van der Waals surface area contributed by atoms with Crippen LogP contribution in [-0.2, 0) is 22.6 Å². The number of hydrogen-bond donors (Lipinski definition) is 1. The van der Waals surface area contributed by atoms with Crippen LogP contribution in [0, 0.1) is 0 Å². The summed E-state index contributed by atoms with van der Waals surface area (Å²) in [7, 11) is 1.84. The third-order valence-electron chi connectivity index (χ3n) is 6.28. The summed E-state index contributed by atoms with van der Waals surface area (Å²) in [5.41, 5.74) is 2.56. The molecule has 0 bridgehead atoms. The molecule has 3 aliphatic heterocycles. The maximum Gasteiger partial charge on any atom is 0.223 e. The molecule has 3 aliphatic rings. The second-order valence-electron chi connectivity index (χ2n) is 8.13. The first-order chi connectivity index (χ1) is 14.2. The molecule has 0 saturated carbocycles. The Labute approximate surface area is 173 Å². The molecule has 7 heteroatoms. The van der Waals surface area contributed by atoms with E-state index in [-0.39, 0.29) is 5.91 Å². The molecule has 29 heavy (non-hydrogen) atoms. The molecular weight excluding hydrogens is 366 g/mol. The van der Waals surface area contributed by atoms with Crippen molar-refractivity contribution in [2.45, 2.75) is 38.4 Å². The Balaban J connectivity index is 1.17. The minimum atomic E-state index is 0.242. The molecule has 158 valence electrons. The minimum Gasteiger partial charge on any atom is -0.379 e. The lowest BCUT2D eigenvalue weighted by molar-refractivity contribution is -0.131. The monoisotopic (exact) mass is 399 g/mol. The molecule has 1 atom stereocenters. The first kappa shape index (κ1) is 20.2. The maximum atomic E-state index is 12.5. The van der Waals surface area contributed by atoms with Gasteiger partial charge in [0.1, 0.15) is 0 Å². The zero-order valence-electron chi connectivity index (χ0n) is 17.5. The van der Waals surface area contributed by atoms with Crippen LogP contribution in [0.25, 0.3) is 0 Å². The van der Waals surface area contributed by atoms with Gasteiger partial charge in [0.15, 0.2) is 5.96 Å². The van der Waals surface area contributed by atoms with Crippen LogP contribution >= 0.6 is 0 Å². The third kappa shape index (κ3) is 4.90. The van der Waals surface area contributed by atoms with Gasteiger partial charge >= 0.3 is 0 Å². The Kier molecular flexibility index (Phi) is 6.67. The first-order valence-electron chi connectivity index (χ1n) is 10.9. The van der Waals surface area contributed by atoms with Crippen LogP contribution in [0.1, 0.15) is 30.4 Å². The summed E-state index contributed by atoms with van der Waals surface area (Å²) in [5, 5.41) is 3.46. The van der Waals surface area contributed by atoms with Crippen LogP contribution in [0.4, 0.5) is 0 Å². The number of nitrogens with one attached hydrogen (secondary N) is 1. The number of ether oxygens (including phenoxy) is 1. The van der Waals surface area contributed by atoms with Crippen molar-refractivity contribution in [1.29, 1.82) is 0 Å². The molecule has 1 unspecified atom stereocenters. The van der Waals surface area contributed by atoms with Gasteiger partial charge in [0.25, 0.3) is 0 Å². The molecule has 1 aromatic rings. The average Bonchev–Trinajstić information content (AvgIpc) is 3.42. The normalized spacial score (nSPS) is 22.8. The molecule has 0 aliphatic carbocycles. The number of rotatable bonds is 5. The highest BCUT2D eigenvalue weighted by Gasteiger charge is 2.30. The summed E-state index contributed by atoms with van der Waals surface area (Å²) in [6.45, 7) is 8.09. The average molecular weight is 400 g/mol. The summed E-state index contributed by atoms with van der Waals surface area (Å²) >= 11 is 0. The van der Waals surface area contributed by atoms with Crippen molar-refractivity contribution in [3.63, 3.8) is 0 Å². The molecule has 4 rings (SSSR count). The third-order valence-corrected chi connectivity index (χ3v) is 6.28. The highest BCUT2D eigenvalue weighted by atomic mass is 16.5. The van der Waals surface area contributed by atoms with Crippen molar-refractivity contribution in [3.8, 4) is 0 Å². The Bertz CT molecular complexity index is 707. The number of carbonyl (C=O) groups excluding carboxylic acids is 1. The molecule has 1 aromatic carbocycles. The SMILES string of the molecule is CN=C(NCCCC(=O)N1Cc2ccccc2C1)N1CCC(N2CCOCC2)C1. The fourth-order valence-corrected chi connectivity index (χ4v) is 4.61. The van der Waals surface area contributed by atoms with Gasteiger partial charge in [0, 0.05) is 65.3 Å². The van der Waals surface area contributed by atoms with Crippen LogP contribution in [0.3, 0.4) is 0 Å². The molecule has 1 N–H and O–H groups in total. The summed E-state index contributed by atoms with van der Waals surface area (Å²) in [5.74, 6) is 1.20. The smallest absolute Gasteiger partial charge is 0.223 e. The summed E-state index contributed by atoms with van der Waals surface area (Å²) < 4.78 is 5.47. The van der Waals surface area contributed by atoms with Gasteiger partial charge in [-0.3, -0.25) is 14.7 Å². The Morgan fingerprint density at radius 3 is 2.55 bits per heavy atom. The van der Waals surface area contributed by atoms with Crippen molar-refractivity contribution in [1.82, 2.24) is 20.0 Å². The van der Waals surface area contributed by atoms with Crippen molar-refractivity contribution in [2.24, 2.45) is 4.99 Å². The van der Waals surface area contributed by atoms with E-state index < -0.39 is 0 Å². The van der Waals surface area contributed by atoms with Crippen molar-refractivity contribution in [2.75, 3.05) is 53.0 Å². The fourth-order valence-electron chi connectivity index (χ4n) is 4.61. The standard InChI is InChI=1S/C22H33N5O2/c1-23-22(26-10-8-20(17-26)25-11-13-29-14-12-25)24-9-4-7-21(28)27-15-18-5-2-3-6-19(18)16-27/h2-3,5-6,20H,4,7-17H2,1H3,(H,23,24). The number of benzene rings is 1. The number of nitrogens with zero attached hydrogens (tertiary/aromatic N) is 4. The number of hydrogen-bond acceptors (Lipinski definition) is 4. The molecule has 3 heterocycles. The molecule has 7 nitrogen and oxygen atoms in total. The van der Waals surface area contributed by atoms with E-state index in [9.17, 15) is 4.79 Å². The number of fused-ring (bicyclic) bond motifs is 1. The van der Waals surface area contributed by atoms with E-state index >= 15 is 0 Å². The van der Waals surface area contributed by atoms with Gasteiger partial charge in [-0.1, -0.05) is 24.3 Å². The lowest BCUT2D eigenvalue weighted by atomic mass is 10.1. The van der Waals surface area contributed by atoms with Gasteiger partial charge in [-0.05, 0) is 24.0 Å².